The van der Waals surface area contributed by atoms with Gasteiger partial charge in [0.1, 0.15) is 5.82 Å². The van der Waals surface area contributed by atoms with Gasteiger partial charge in [0.15, 0.2) is 5.78 Å². The molecule has 0 saturated carbocycles. The van der Waals surface area contributed by atoms with E-state index in [1.165, 1.54) is 12.1 Å². The molecule has 7 heteroatoms. The van der Waals surface area contributed by atoms with Crippen LogP contribution in [0.15, 0.2) is 47.5 Å². The molecule has 0 saturated heterocycles. The molecule has 2 aromatic rings. The summed E-state index contributed by atoms with van der Waals surface area (Å²) in [6, 6.07) is 9.81. The van der Waals surface area contributed by atoms with Crippen molar-refractivity contribution in [2.45, 2.75) is 0 Å². The van der Waals surface area contributed by atoms with Crippen LogP contribution in [-0.4, -0.2) is 23.5 Å². The number of ketones is 1. The van der Waals surface area contributed by atoms with Gasteiger partial charge in [0.2, 0.25) is 6.54 Å². The van der Waals surface area contributed by atoms with Crippen molar-refractivity contribution in [1.29, 1.82) is 0 Å². The second kappa shape index (κ2) is 6.91. The van der Waals surface area contributed by atoms with Gasteiger partial charge >= 0.3 is 0 Å². The molecule has 2 aromatic carbocycles. The molecule has 2 rings (SSSR count). The van der Waals surface area contributed by atoms with Crippen LogP contribution in [0.1, 0.15) is 15.9 Å². The number of hydrogen-bond donors (Lipinski definition) is 0. The SMILES string of the molecule is O=C(c1ccccc1Cl)c1cc(F)ccc1N=CC[N+](=O)[O-]. The molecule has 0 aromatic heterocycles. The molecule has 0 fully saturated rings. The molecule has 0 aliphatic carbocycles. The van der Waals surface area contributed by atoms with E-state index in [1.54, 1.807) is 18.2 Å². The van der Waals surface area contributed by atoms with Gasteiger partial charge in [-0.1, -0.05) is 23.7 Å². The minimum Gasteiger partial charge on any atom is -0.288 e. The summed E-state index contributed by atoms with van der Waals surface area (Å²) in [5.41, 5.74) is 0.348. The number of hydrogen-bond acceptors (Lipinski definition) is 4. The van der Waals surface area contributed by atoms with E-state index in [1.807, 2.05) is 0 Å². The monoisotopic (exact) mass is 320 g/mol. The van der Waals surface area contributed by atoms with E-state index in [4.69, 9.17) is 11.6 Å². The summed E-state index contributed by atoms with van der Waals surface area (Å²) in [6.45, 7) is -0.489. The summed E-state index contributed by atoms with van der Waals surface area (Å²) in [6.07, 6.45) is 1.05. The molecular formula is C15H10ClFN2O3. The van der Waals surface area contributed by atoms with Gasteiger partial charge in [-0.3, -0.25) is 19.9 Å². The molecular weight excluding hydrogens is 311 g/mol. The van der Waals surface area contributed by atoms with Gasteiger partial charge in [0, 0.05) is 10.5 Å². The van der Waals surface area contributed by atoms with E-state index in [0.717, 1.165) is 18.3 Å². The van der Waals surface area contributed by atoms with Gasteiger partial charge in [-0.05, 0) is 30.3 Å². The summed E-state index contributed by atoms with van der Waals surface area (Å²) in [5, 5.41) is 10.5. The number of carbonyl (C=O) groups is 1. The number of aliphatic imine (C=N–C) groups is 1. The van der Waals surface area contributed by atoms with Crippen LogP contribution in [0.2, 0.25) is 5.02 Å². The van der Waals surface area contributed by atoms with Crippen molar-refractivity contribution < 1.29 is 14.1 Å². The highest BCUT2D eigenvalue weighted by atomic mass is 35.5. The predicted molar refractivity (Wildman–Crippen MR) is 81.3 cm³/mol. The van der Waals surface area contributed by atoms with E-state index >= 15 is 0 Å². The Morgan fingerprint density at radius 3 is 2.68 bits per heavy atom. The highest BCUT2D eigenvalue weighted by Crippen LogP contribution is 2.26. The quantitative estimate of drug-likeness (QED) is 0.365. The lowest BCUT2D eigenvalue weighted by molar-refractivity contribution is -0.462. The van der Waals surface area contributed by atoms with E-state index in [2.05, 4.69) is 4.99 Å². The average molecular weight is 321 g/mol. The Balaban J connectivity index is 2.43. The Bertz CT molecular complexity index is 762. The number of carbonyl (C=O) groups excluding carboxylic acids is 1. The third-order valence-corrected chi connectivity index (χ3v) is 3.11. The molecule has 0 aliphatic heterocycles. The fourth-order valence-corrected chi connectivity index (χ4v) is 2.02. The first kappa shape index (κ1) is 15.8. The third-order valence-electron chi connectivity index (χ3n) is 2.78. The lowest BCUT2D eigenvalue weighted by atomic mass is 10.0. The van der Waals surface area contributed by atoms with Crippen molar-refractivity contribution in [2.75, 3.05) is 6.54 Å². The number of nitrogens with zero attached hydrogens (tertiary/aromatic N) is 2. The molecule has 22 heavy (non-hydrogen) atoms. The van der Waals surface area contributed by atoms with Crippen LogP contribution in [-0.2, 0) is 0 Å². The summed E-state index contributed by atoms with van der Waals surface area (Å²) in [4.78, 5) is 26.1. The van der Waals surface area contributed by atoms with Crippen molar-refractivity contribution in [3.05, 3.63) is 74.5 Å². The molecule has 0 aliphatic rings. The normalized spacial score (nSPS) is 10.8. The Hall–Kier alpha value is -2.60. The molecule has 0 amide bonds. The van der Waals surface area contributed by atoms with Crippen LogP contribution in [0.4, 0.5) is 10.1 Å². The zero-order chi connectivity index (χ0) is 16.1. The molecule has 5 nitrogen and oxygen atoms in total. The van der Waals surface area contributed by atoms with Crippen molar-refractivity contribution >= 4 is 29.3 Å². The fraction of sp³-hybridized carbons (Fsp3) is 0.0667. The Morgan fingerprint density at radius 1 is 1.27 bits per heavy atom. The van der Waals surface area contributed by atoms with E-state index in [9.17, 15) is 19.3 Å². The van der Waals surface area contributed by atoms with Gasteiger partial charge in [-0.2, -0.15) is 0 Å². The average Bonchev–Trinajstić information content (AvgIpc) is 2.48. The number of nitro groups is 1. The van der Waals surface area contributed by atoms with Crippen LogP contribution in [0, 0.1) is 15.9 Å². The van der Waals surface area contributed by atoms with E-state index in [-0.39, 0.29) is 21.8 Å². The van der Waals surface area contributed by atoms with Crippen LogP contribution >= 0.6 is 11.6 Å². The maximum atomic E-state index is 13.4. The standard InChI is InChI=1S/C15H10ClFN2O3/c16-13-4-2-1-3-11(13)15(20)12-9-10(17)5-6-14(12)18-7-8-19(21)22/h1-7,9H,8H2. The molecule has 0 atom stereocenters. The lowest BCUT2D eigenvalue weighted by Crippen LogP contribution is -2.04. The summed E-state index contributed by atoms with van der Waals surface area (Å²) >= 11 is 5.96. The van der Waals surface area contributed by atoms with Crippen LogP contribution in [0.25, 0.3) is 0 Å². The maximum Gasteiger partial charge on any atom is 0.238 e. The van der Waals surface area contributed by atoms with Gasteiger partial charge < -0.3 is 0 Å². The summed E-state index contributed by atoms with van der Waals surface area (Å²) in [7, 11) is 0. The molecule has 0 unspecified atom stereocenters. The van der Waals surface area contributed by atoms with Gasteiger partial charge in [-0.15, -0.1) is 0 Å². The van der Waals surface area contributed by atoms with Gasteiger partial charge in [-0.25, -0.2) is 4.39 Å². The Labute approximate surface area is 130 Å². The number of benzene rings is 2. The maximum absolute atomic E-state index is 13.4. The minimum atomic E-state index is -0.608. The first-order valence-electron chi connectivity index (χ1n) is 6.22. The highest BCUT2D eigenvalue weighted by Gasteiger charge is 2.17. The smallest absolute Gasteiger partial charge is 0.238 e. The van der Waals surface area contributed by atoms with Crippen molar-refractivity contribution in [3.63, 3.8) is 0 Å². The molecule has 0 heterocycles. The molecule has 0 N–H and O–H groups in total. The molecule has 0 bridgehead atoms. The molecule has 0 radical (unpaired) electrons. The van der Waals surface area contributed by atoms with E-state index in [0.29, 0.717) is 0 Å². The van der Waals surface area contributed by atoms with Gasteiger partial charge in [0.05, 0.1) is 22.5 Å². The predicted octanol–water partition coefficient (Wildman–Crippen LogP) is 3.69. The highest BCUT2D eigenvalue weighted by molar-refractivity contribution is 6.35. The lowest BCUT2D eigenvalue weighted by Gasteiger charge is -2.06. The number of halogens is 2. The minimum absolute atomic E-state index is 0.00676. The zero-order valence-electron chi connectivity index (χ0n) is 11.2. The van der Waals surface area contributed by atoms with E-state index < -0.39 is 23.1 Å². The number of rotatable bonds is 5. The van der Waals surface area contributed by atoms with Crippen LogP contribution in [0.5, 0.6) is 0 Å². The largest absolute Gasteiger partial charge is 0.288 e. The summed E-state index contributed by atoms with van der Waals surface area (Å²) < 4.78 is 13.4. The Morgan fingerprint density at radius 2 is 2.00 bits per heavy atom. The zero-order valence-corrected chi connectivity index (χ0v) is 12.0. The van der Waals surface area contributed by atoms with Crippen molar-refractivity contribution in [2.24, 2.45) is 4.99 Å². The molecule has 112 valence electrons. The topological polar surface area (TPSA) is 72.6 Å². The van der Waals surface area contributed by atoms with Crippen molar-refractivity contribution in [3.8, 4) is 0 Å². The first-order chi connectivity index (χ1) is 10.5. The summed E-state index contributed by atoms with van der Waals surface area (Å²) in [5.74, 6) is -1.11. The second-order valence-electron chi connectivity index (χ2n) is 4.30. The third kappa shape index (κ3) is 3.73. The van der Waals surface area contributed by atoms with Gasteiger partial charge in [0.25, 0.3) is 0 Å². The second-order valence-corrected chi connectivity index (χ2v) is 4.70. The van der Waals surface area contributed by atoms with Crippen LogP contribution < -0.4 is 0 Å². The van der Waals surface area contributed by atoms with Crippen molar-refractivity contribution in [1.82, 2.24) is 0 Å². The Kier molecular flexibility index (Phi) is 4.95. The molecule has 0 spiro atoms. The first-order valence-corrected chi connectivity index (χ1v) is 6.60. The van der Waals surface area contributed by atoms with Crippen LogP contribution in [0.3, 0.4) is 0 Å². The fourth-order valence-electron chi connectivity index (χ4n) is 1.80.